The smallest absolute Gasteiger partial charge is 0.0708 e. The number of aliphatic hydroxyl groups excluding tert-OH is 1. The van der Waals surface area contributed by atoms with Gasteiger partial charge in [-0.3, -0.25) is 4.98 Å². The quantitative estimate of drug-likeness (QED) is 0.849. The Morgan fingerprint density at radius 3 is 2.89 bits per heavy atom. The highest BCUT2D eigenvalue weighted by atomic mass is 16.3. The SMILES string of the molecule is Cc1cc(CNC(C)CCO)c2ccccc2n1. The highest BCUT2D eigenvalue weighted by Gasteiger charge is 2.05. The molecular formula is C15H20N2O. The first-order valence-corrected chi connectivity index (χ1v) is 6.40. The van der Waals surface area contributed by atoms with E-state index >= 15 is 0 Å². The molecule has 2 N–H and O–H groups in total. The number of nitrogens with one attached hydrogen (secondary N) is 1. The fraction of sp³-hybridized carbons (Fsp3) is 0.400. The predicted octanol–water partition coefficient (Wildman–Crippen LogP) is 2.40. The largest absolute Gasteiger partial charge is 0.396 e. The lowest BCUT2D eigenvalue weighted by atomic mass is 10.1. The van der Waals surface area contributed by atoms with E-state index in [1.54, 1.807) is 0 Å². The van der Waals surface area contributed by atoms with Gasteiger partial charge in [0, 0.05) is 30.3 Å². The second-order valence-corrected chi connectivity index (χ2v) is 4.73. The van der Waals surface area contributed by atoms with Crippen molar-refractivity contribution < 1.29 is 5.11 Å². The summed E-state index contributed by atoms with van der Waals surface area (Å²) in [6.07, 6.45) is 0.780. The maximum atomic E-state index is 8.90. The van der Waals surface area contributed by atoms with Gasteiger partial charge in [0.05, 0.1) is 5.52 Å². The minimum atomic E-state index is 0.226. The molecule has 3 heteroatoms. The average Bonchev–Trinajstić information content (AvgIpc) is 2.36. The van der Waals surface area contributed by atoms with Gasteiger partial charge >= 0.3 is 0 Å². The molecule has 0 aliphatic carbocycles. The molecule has 0 aliphatic heterocycles. The molecule has 1 aromatic heterocycles. The van der Waals surface area contributed by atoms with Gasteiger partial charge in [-0.15, -0.1) is 0 Å². The number of aliphatic hydroxyl groups is 1. The van der Waals surface area contributed by atoms with Gasteiger partial charge in [-0.2, -0.15) is 0 Å². The summed E-state index contributed by atoms with van der Waals surface area (Å²) in [6, 6.07) is 10.7. The van der Waals surface area contributed by atoms with Crippen molar-refractivity contribution in [1.29, 1.82) is 0 Å². The Morgan fingerprint density at radius 2 is 2.11 bits per heavy atom. The van der Waals surface area contributed by atoms with Crippen LogP contribution in [-0.2, 0) is 6.54 Å². The van der Waals surface area contributed by atoms with Crippen molar-refractivity contribution in [3.8, 4) is 0 Å². The van der Waals surface area contributed by atoms with Crippen LogP contribution in [0.5, 0.6) is 0 Å². The fourth-order valence-corrected chi connectivity index (χ4v) is 2.12. The van der Waals surface area contributed by atoms with Gasteiger partial charge in [-0.05, 0) is 38.0 Å². The van der Waals surface area contributed by atoms with Gasteiger partial charge in [0.15, 0.2) is 0 Å². The second-order valence-electron chi connectivity index (χ2n) is 4.73. The number of aryl methyl sites for hydroxylation is 1. The molecule has 0 fully saturated rings. The van der Waals surface area contributed by atoms with E-state index in [1.165, 1.54) is 10.9 Å². The van der Waals surface area contributed by atoms with Crippen molar-refractivity contribution in [2.45, 2.75) is 32.9 Å². The normalized spacial score (nSPS) is 12.8. The van der Waals surface area contributed by atoms with E-state index in [1.807, 2.05) is 25.1 Å². The zero-order valence-corrected chi connectivity index (χ0v) is 11.0. The van der Waals surface area contributed by atoms with Crippen LogP contribution in [0.25, 0.3) is 10.9 Å². The molecule has 1 unspecified atom stereocenters. The maximum absolute atomic E-state index is 8.90. The van der Waals surface area contributed by atoms with Crippen LogP contribution in [0.3, 0.4) is 0 Å². The molecule has 0 radical (unpaired) electrons. The number of hydrogen-bond acceptors (Lipinski definition) is 3. The van der Waals surface area contributed by atoms with Gasteiger partial charge in [0.2, 0.25) is 0 Å². The van der Waals surface area contributed by atoms with Gasteiger partial charge in [0.1, 0.15) is 0 Å². The van der Waals surface area contributed by atoms with Crippen LogP contribution in [0.4, 0.5) is 0 Å². The van der Waals surface area contributed by atoms with Crippen LogP contribution >= 0.6 is 0 Å². The van der Waals surface area contributed by atoms with Gasteiger partial charge in [-0.25, -0.2) is 0 Å². The molecule has 1 aromatic carbocycles. The maximum Gasteiger partial charge on any atom is 0.0708 e. The molecular weight excluding hydrogens is 224 g/mol. The summed E-state index contributed by atoms with van der Waals surface area (Å²) in [5.74, 6) is 0. The highest BCUT2D eigenvalue weighted by Crippen LogP contribution is 2.18. The highest BCUT2D eigenvalue weighted by molar-refractivity contribution is 5.82. The van der Waals surface area contributed by atoms with Crippen LogP contribution in [-0.4, -0.2) is 22.7 Å². The van der Waals surface area contributed by atoms with Crippen molar-refractivity contribution in [1.82, 2.24) is 10.3 Å². The molecule has 2 rings (SSSR count). The van der Waals surface area contributed by atoms with E-state index in [9.17, 15) is 0 Å². The molecule has 0 saturated heterocycles. The third-order valence-corrected chi connectivity index (χ3v) is 3.13. The minimum Gasteiger partial charge on any atom is -0.396 e. The summed E-state index contributed by atoms with van der Waals surface area (Å²) in [6.45, 7) is 5.15. The van der Waals surface area contributed by atoms with E-state index in [0.29, 0.717) is 6.04 Å². The molecule has 0 saturated carbocycles. The Kier molecular flexibility index (Phi) is 4.28. The van der Waals surface area contributed by atoms with E-state index in [2.05, 4.69) is 29.4 Å². The molecule has 1 heterocycles. The first-order valence-electron chi connectivity index (χ1n) is 6.40. The van der Waals surface area contributed by atoms with Gasteiger partial charge in [0.25, 0.3) is 0 Å². The van der Waals surface area contributed by atoms with Gasteiger partial charge < -0.3 is 10.4 Å². The summed E-state index contributed by atoms with van der Waals surface area (Å²) >= 11 is 0. The zero-order chi connectivity index (χ0) is 13.0. The topological polar surface area (TPSA) is 45.1 Å². The number of pyridine rings is 1. The number of aromatic nitrogens is 1. The number of fused-ring (bicyclic) bond motifs is 1. The van der Waals surface area contributed by atoms with Crippen LogP contribution < -0.4 is 5.32 Å². The van der Waals surface area contributed by atoms with Crippen molar-refractivity contribution in [2.24, 2.45) is 0 Å². The van der Waals surface area contributed by atoms with E-state index < -0.39 is 0 Å². The summed E-state index contributed by atoms with van der Waals surface area (Å²) in [7, 11) is 0. The molecule has 1 atom stereocenters. The van der Waals surface area contributed by atoms with Crippen molar-refractivity contribution in [3.63, 3.8) is 0 Å². The van der Waals surface area contributed by atoms with Gasteiger partial charge in [-0.1, -0.05) is 18.2 Å². The molecule has 0 spiro atoms. The number of nitrogens with zero attached hydrogens (tertiary/aromatic N) is 1. The van der Waals surface area contributed by atoms with Crippen molar-refractivity contribution in [2.75, 3.05) is 6.61 Å². The molecule has 0 amide bonds. The monoisotopic (exact) mass is 244 g/mol. The Balaban J connectivity index is 2.21. The van der Waals surface area contributed by atoms with E-state index in [-0.39, 0.29) is 6.61 Å². The Labute approximate surface area is 108 Å². The summed E-state index contributed by atoms with van der Waals surface area (Å²) in [5, 5.41) is 13.5. The number of para-hydroxylation sites is 1. The zero-order valence-electron chi connectivity index (χ0n) is 11.0. The molecule has 96 valence electrons. The van der Waals surface area contributed by atoms with E-state index in [0.717, 1.165) is 24.2 Å². The molecule has 0 aliphatic rings. The van der Waals surface area contributed by atoms with Crippen LogP contribution in [0.1, 0.15) is 24.6 Å². The summed E-state index contributed by atoms with van der Waals surface area (Å²) < 4.78 is 0. The summed E-state index contributed by atoms with van der Waals surface area (Å²) in [4.78, 5) is 4.53. The molecule has 2 aromatic rings. The van der Waals surface area contributed by atoms with Crippen LogP contribution in [0.2, 0.25) is 0 Å². The average molecular weight is 244 g/mol. The third kappa shape index (κ3) is 3.06. The predicted molar refractivity (Wildman–Crippen MR) is 74.5 cm³/mol. The Bertz CT molecular complexity index is 525. The second kappa shape index (κ2) is 5.94. The molecule has 18 heavy (non-hydrogen) atoms. The lowest BCUT2D eigenvalue weighted by molar-refractivity contribution is 0.269. The van der Waals surface area contributed by atoms with Crippen molar-refractivity contribution >= 4 is 10.9 Å². The first kappa shape index (κ1) is 13.0. The Morgan fingerprint density at radius 1 is 1.33 bits per heavy atom. The fourth-order valence-electron chi connectivity index (χ4n) is 2.12. The number of benzene rings is 1. The molecule has 0 bridgehead atoms. The van der Waals surface area contributed by atoms with Crippen LogP contribution in [0.15, 0.2) is 30.3 Å². The van der Waals surface area contributed by atoms with E-state index in [4.69, 9.17) is 5.11 Å². The lowest BCUT2D eigenvalue weighted by Crippen LogP contribution is -2.26. The van der Waals surface area contributed by atoms with Crippen LogP contribution in [0, 0.1) is 6.92 Å². The lowest BCUT2D eigenvalue weighted by Gasteiger charge is -2.14. The number of hydrogen-bond donors (Lipinski definition) is 2. The first-order chi connectivity index (χ1) is 8.70. The van der Waals surface area contributed by atoms with Crippen molar-refractivity contribution in [3.05, 3.63) is 41.6 Å². The Hall–Kier alpha value is -1.45. The molecule has 3 nitrogen and oxygen atoms in total. The third-order valence-electron chi connectivity index (χ3n) is 3.13. The summed E-state index contributed by atoms with van der Waals surface area (Å²) in [5.41, 5.74) is 3.35. The minimum absolute atomic E-state index is 0.226. The standard InChI is InChI=1S/C15H20N2O/c1-11(7-8-18)16-10-13-9-12(2)17-15-6-4-3-5-14(13)15/h3-6,9,11,16,18H,7-8,10H2,1-2H3. The number of rotatable bonds is 5.